The van der Waals surface area contributed by atoms with Gasteiger partial charge in [0, 0.05) is 51.0 Å². The van der Waals surface area contributed by atoms with Gasteiger partial charge in [0.25, 0.3) is 0 Å². The van der Waals surface area contributed by atoms with Crippen LogP contribution in [0.2, 0.25) is 0 Å². The summed E-state index contributed by atoms with van der Waals surface area (Å²) in [6.07, 6.45) is 3.88. The van der Waals surface area contributed by atoms with Crippen LogP contribution in [0.1, 0.15) is 49.7 Å². The quantitative estimate of drug-likeness (QED) is 0.663. The van der Waals surface area contributed by atoms with E-state index in [4.69, 9.17) is 14.5 Å². The molecule has 7 heteroatoms. The van der Waals surface area contributed by atoms with Gasteiger partial charge in [-0.15, -0.1) is 0 Å². The summed E-state index contributed by atoms with van der Waals surface area (Å²) in [5, 5.41) is 0. The van der Waals surface area contributed by atoms with Gasteiger partial charge in [-0.2, -0.15) is 0 Å². The third-order valence-corrected chi connectivity index (χ3v) is 4.82. The van der Waals surface area contributed by atoms with Crippen molar-refractivity contribution in [3.05, 3.63) is 23.3 Å². The standard InChI is InChI=1S/C19H32N4O3/c1-5-22(6-2)19(24)23-9-7-8-16(13-23)18-17(12-20-15(3)21-18)14-26-11-10-25-4/h12,16H,5-11,13-14H2,1-4H3. The Morgan fingerprint density at radius 2 is 2.12 bits per heavy atom. The van der Waals surface area contributed by atoms with Crippen LogP contribution < -0.4 is 0 Å². The molecule has 2 heterocycles. The Labute approximate surface area is 156 Å². The van der Waals surface area contributed by atoms with Crippen molar-refractivity contribution in [2.45, 2.75) is 46.1 Å². The number of nitrogens with zero attached hydrogens (tertiary/aromatic N) is 4. The number of carbonyl (C=O) groups is 1. The van der Waals surface area contributed by atoms with E-state index in [1.54, 1.807) is 7.11 Å². The van der Waals surface area contributed by atoms with Crippen LogP contribution in [0.25, 0.3) is 0 Å². The van der Waals surface area contributed by atoms with E-state index >= 15 is 0 Å². The normalized spacial score (nSPS) is 17.4. The molecule has 0 bridgehead atoms. The number of likely N-dealkylation sites (tertiary alicyclic amines) is 1. The van der Waals surface area contributed by atoms with E-state index in [0.29, 0.717) is 26.4 Å². The molecule has 2 rings (SSSR count). The lowest BCUT2D eigenvalue weighted by atomic mass is 9.92. The summed E-state index contributed by atoms with van der Waals surface area (Å²) in [6, 6.07) is 0.128. The smallest absolute Gasteiger partial charge is 0.319 e. The van der Waals surface area contributed by atoms with Gasteiger partial charge in [-0.25, -0.2) is 14.8 Å². The van der Waals surface area contributed by atoms with Crippen molar-refractivity contribution in [2.24, 2.45) is 0 Å². The van der Waals surface area contributed by atoms with Crippen molar-refractivity contribution in [1.82, 2.24) is 19.8 Å². The lowest BCUT2D eigenvalue weighted by Gasteiger charge is -2.36. The molecular weight excluding hydrogens is 332 g/mol. The van der Waals surface area contributed by atoms with Crippen molar-refractivity contribution < 1.29 is 14.3 Å². The van der Waals surface area contributed by atoms with Crippen LogP contribution in [0.4, 0.5) is 4.79 Å². The van der Waals surface area contributed by atoms with Gasteiger partial charge in [0.05, 0.1) is 25.5 Å². The minimum absolute atomic E-state index is 0.128. The molecule has 0 radical (unpaired) electrons. The Balaban J connectivity index is 2.11. The first kappa shape index (κ1) is 20.6. The van der Waals surface area contributed by atoms with Gasteiger partial charge in [0.15, 0.2) is 0 Å². The van der Waals surface area contributed by atoms with Crippen LogP contribution >= 0.6 is 0 Å². The molecule has 1 unspecified atom stereocenters. The molecule has 146 valence electrons. The highest BCUT2D eigenvalue weighted by molar-refractivity contribution is 5.74. The maximum atomic E-state index is 12.7. The number of piperidine rings is 1. The zero-order chi connectivity index (χ0) is 18.9. The topological polar surface area (TPSA) is 67.8 Å². The first-order valence-electron chi connectivity index (χ1n) is 9.53. The monoisotopic (exact) mass is 364 g/mol. The van der Waals surface area contributed by atoms with Crippen molar-refractivity contribution in [2.75, 3.05) is 46.5 Å². The summed E-state index contributed by atoms with van der Waals surface area (Å²) < 4.78 is 10.7. The predicted molar refractivity (Wildman–Crippen MR) is 100 cm³/mol. The van der Waals surface area contributed by atoms with E-state index in [1.165, 1.54) is 0 Å². The van der Waals surface area contributed by atoms with Crippen molar-refractivity contribution >= 4 is 6.03 Å². The Kier molecular flexibility index (Phi) is 8.25. The highest BCUT2D eigenvalue weighted by atomic mass is 16.5. The van der Waals surface area contributed by atoms with Crippen LogP contribution in [0.3, 0.4) is 0 Å². The SMILES string of the molecule is CCN(CC)C(=O)N1CCCC(c2nc(C)ncc2COCCOC)C1. The molecule has 1 aliphatic heterocycles. The molecule has 0 N–H and O–H groups in total. The van der Waals surface area contributed by atoms with Gasteiger partial charge >= 0.3 is 6.03 Å². The number of carbonyl (C=O) groups excluding carboxylic acids is 1. The average Bonchev–Trinajstić information content (AvgIpc) is 2.67. The zero-order valence-corrected chi connectivity index (χ0v) is 16.5. The first-order chi connectivity index (χ1) is 12.6. The van der Waals surface area contributed by atoms with E-state index in [-0.39, 0.29) is 11.9 Å². The third-order valence-electron chi connectivity index (χ3n) is 4.82. The van der Waals surface area contributed by atoms with E-state index < -0.39 is 0 Å². The van der Waals surface area contributed by atoms with Gasteiger partial charge in [-0.3, -0.25) is 0 Å². The fourth-order valence-corrected chi connectivity index (χ4v) is 3.37. The molecular formula is C19H32N4O3. The fourth-order valence-electron chi connectivity index (χ4n) is 3.37. The van der Waals surface area contributed by atoms with Crippen LogP contribution in [0.5, 0.6) is 0 Å². The summed E-state index contributed by atoms with van der Waals surface area (Å²) in [6.45, 7) is 10.5. The van der Waals surface area contributed by atoms with Crippen LogP contribution in [0.15, 0.2) is 6.20 Å². The second-order valence-corrected chi connectivity index (χ2v) is 6.61. The van der Waals surface area contributed by atoms with Crippen LogP contribution in [-0.4, -0.2) is 72.3 Å². The van der Waals surface area contributed by atoms with Gasteiger partial charge in [0.1, 0.15) is 5.82 Å². The lowest BCUT2D eigenvalue weighted by Crippen LogP contribution is -2.47. The molecule has 0 aliphatic carbocycles. The maximum Gasteiger partial charge on any atom is 0.319 e. The Hall–Kier alpha value is -1.73. The number of hydrogen-bond acceptors (Lipinski definition) is 5. The Morgan fingerprint density at radius 1 is 1.35 bits per heavy atom. The molecule has 1 fully saturated rings. The summed E-state index contributed by atoms with van der Waals surface area (Å²) in [4.78, 5) is 25.6. The minimum atomic E-state index is 0.128. The molecule has 1 saturated heterocycles. The number of urea groups is 1. The molecule has 0 saturated carbocycles. The molecule has 1 aromatic rings. The van der Waals surface area contributed by atoms with E-state index in [1.807, 2.05) is 36.8 Å². The summed E-state index contributed by atoms with van der Waals surface area (Å²) in [5.41, 5.74) is 2.03. The second kappa shape index (κ2) is 10.4. The predicted octanol–water partition coefficient (Wildman–Crippen LogP) is 2.59. The third kappa shape index (κ3) is 5.38. The van der Waals surface area contributed by atoms with Gasteiger partial charge in [-0.05, 0) is 33.6 Å². The number of ether oxygens (including phenoxy) is 2. The lowest BCUT2D eigenvalue weighted by molar-refractivity contribution is 0.0607. The minimum Gasteiger partial charge on any atom is -0.382 e. The average molecular weight is 364 g/mol. The number of amides is 2. The van der Waals surface area contributed by atoms with E-state index in [2.05, 4.69) is 4.98 Å². The van der Waals surface area contributed by atoms with Crippen LogP contribution in [0, 0.1) is 6.92 Å². The molecule has 1 aromatic heterocycles. The van der Waals surface area contributed by atoms with Crippen molar-refractivity contribution in [3.8, 4) is 0 Å². The number of aromatic nitrogens is 2. The zero-order valence-electron chi connectivity index (χ0n) is 16.5. The summed E-state index contributed by atoms with van der Waals surface area (Å²) >= 11 is 0. The molecule has 1 aliphatic rings. The molecule has 26 heavy (non-hydrogen) atoms. The molecule has 0 aromatic carbocycles. The maximum absolute atomic E-state index is 12.7. The number of aryl methyl sites for hydroxylation is 1. The summed E-state index contributed by atoms with van der Waals surface area (Å²) in [7, 11) is 1.66. The molecule has 2 amide bonds. The van der Waals surface area contributed by atoms with Crippen molar-refractivity contribution in [3.63, 3.8) is 0 Å². The number of rotatable bonds is 8. The first-order valence-corrected chi connectivity index (χ1v) is 9.53. The van der Waals surface area contributed by atoms with Crippen molar-refractivity contribution in [1.29, 1.82) is 0 Å². The van der Waals surface area contributed by atoms with Gasteiger partial charge in [-0.1, -0.05) is 0 Å². The second-order valence-electron chi connectivity index (χ2n) is 6.61. The van der Waals surface area contributed by atoms with E-state index in [9.17, 15) is 4.79 Å². The number of hydrogen-bond donors (Lipinski definition) is 0. The molecule has 1 atom stereocenters. The van der Waals surface area contributed by atoms with E-state index in [0.717, 1.165) is 49.6 Å². The largest absolute Gasteiger partial charge is 0.382 e. The number of methoxy groups -OCH3 is 1. The Bertz CT molecular complexity index is 578. The van der Waals surface area contributed by atoms with Gasteiger partial charge < -0.3 is 19.3 Å². The highest BCUT2D eigenvalue weighted by Crippen LogP contribution is 2.28. The van der Waals surface area contributed by atoms with Gasteiger partial charge in [0.2, 0.25) is 0 Å². The molecule has 7 nitrogen and oxygen atoms in total. The highest BCUT2D eigenvalue weighted by Gasteiger charge is 2.29. The van der Waals surface area contributed by atoms with Crippen LogP contribution in [-0.2, 0) is 16.1 Å². The fraction of sp³-hybridized carbons (Fsp3) is 0.737. The molecule has 0 spiro atoms. The Morgan fingerprint density at radius 3 is 2.81 bits per heavy atom. The summed E-state index contributed by atoms with van der Waals surface area (Å²) in [5.74, 6) is 0.985.